The number of rotatable bonds is 5. The monoisotopic (exact) mass is 287 g/mol. The minimum Gasteiger partial charge on any atom is -0.497 e. The van der Waals surface area contributed by atoms with E-state index in [1.165, 1.54) is 11.6 Å². The molecule has 1 N–H and O–H groups in total. The van der Waals surface area contributed by atoms with Gasteiger partial charge in [0.25, 0.3) is 0 Å². The normalized spacial score (nSPS) is 12.3. The molecule has 2 rings (SSSR count). The lowest BCUT2D eigenvalue weighted by Gasteiger charge is -2.17. The summed E-state index contributed by atoms with van der Waals surface area (Å²) >= 11 is 0. The molecule has 112 valence electrons. The highest BCUT2D eigenvalue weighted by Gasteiger charge is 2.10. The van der Waals surface area contributed by atoms with Crippen molar-refractivity contribution in [2.45, 2.75) is 32.7 Å². The molecular formula is C18H22FNO. The van der Waals surface area contributed by atoms with Crippen molar-refractivity contribution in [1.82, 2.24) is 0 Å². The Balaban J connectivity index is 2.15. The van der Waals surface area contributed by atoms with Gasteiger partial charge in [0, 0.05) is 12.1 Å². The average Bonchev–Trinajstić information content (AvgIpc) is 2.49. The van der Waals surface area contributed by atoms with Crippen molar-refractivity contribution in [1.29, 1.82) is 0 Å². The van der Waals surface area contributed by atoms with E-state index < -0.39 is 0 Å². The quantitative estimate of drug-likeness (QED) is 0.823. The van der Waals surface area contributed by atoms with Gasteiger partial charge in [-0.15, -0.1) is 0 Å². The second-order valence-corrected chi connectivity index (χ2v) is 5.53. The largest absolute Gasteiger partial charge is 0.497 e. The SMILES string of the molecule is COc1ccc(F)c(NC(C)c2ccc(C(C)C)cc2)c1. The molecule has 0 bridgehead atoms. The third-order valence-electron chi connectivity index (χ3n) is 3.65. The van der Waals surface area contributed by atoms with Gasteiger partial charge in [-0.3, -0.25) is 0 Å². The first kappa shape index (κ1) is 15.4. The van der Waals surface area contributed by atoms with Crippen LogP contribution in [0.1, 0.15) is 43.9 Å². The highest BCUT2D eigenvalue weighted by Crippen LogP contribution is 2.26. The minimum atomic E-state index is -0.276. The fraction of sp³-hybridized carbons (Fsp3) is 0.333. The molecular weight excluding hydrogens is 265 g/mol. The number of nitrogens with one attached hydrogen (secondary N) is 1. The Morgan fingerprint density at radius 3 is 2.14 bits per heavy atom. The van der Waals surface area contributed by atoms with E-state index in [1.54, 1.807) is 19.2 Å². The van der Waals surface area contributed by atoms with Crippen molar-refractivity contribution in [3.05, 3.63) is 59.4 Å². The molecule has 0 radical (unpaired) electrons. The molecule has 0 saturated heterocycles. The molecule has 0 aliphatic rings. The Morgan fingerprint density at radius 1 is 0.952 bits per heavy atom. The first-order valence-electron chi connectivity index (χ1n) is 7.21. The molecule has 0 spiro atoms. The molecule has 1 unspecified atom stereocenters. The fourth-order valence-electron chi connectivity index (χ4n) is 2.23. The van der Waals surface area contributed by atoms with Gasteiger partial charge >= 0.3 is 0 Å². The van der Waals surface area contributed by atoms with E-state index >= 15 is 0 Å². The van der Waals surface area contributed by atoms with Crippen LogP contribution in [0.2, 0.25) is 0 Å². The van der Waals surface area contributed by atoms with Crippen molar-refractivity contribution < 1.29 is 9.13 Å². The summed E-state index contributed by atoms with van der Waals surface area (Å²) in [6, 6.07) is 13.1. The van der Waals surface area contributed by atoms with Gasteiger partial charge in [0.05, 0.1) is 12.8 Å². The van der Waals surface area contributed by atoms with E-state index in [0.717, 1.165) is 5.56 Å². The van der Waals surface area contributed by atoms with Crippen LogP contribution >= 0.6 is 0 Å². The van der Waals surface area contributed by atoms with Gasteiger partial charge in [0.15, 0.2) is 0 Å². The van der Waals surface area contributed by atoms with Crippen molar-refractivity contribution in [2.75, 3.05) is 12.4 Å². The van der Waals surface area contributed by atoms with Crippen LogP contribution in [0, 0.1) is 5.82 Å². The maximum absolute atomic E-state index is 13.8. The Labute approximate surface area is 126 Å². The van der Waals surface area contributed by atoms with E-state index in [1.807, 2.05) is 6.92 Å². The molecule has 2 aromatic carbocycles. The zero-order chi connectivity index (χ0) is 15.4. The highest BCUT2D eigenvalue weighted by molar-refractivity contribution is 5.51. The number of halogens is 1. The molecule has 0 heterocycles. The van der Waals surface area contributed by atoms with Crippen LogP contribution < -0.4 is 10.1 Å². The Morgan fingerprint density at radius 2 is 1.57 bits per heavy atom. The lowest BCUT2D eigenvalue weighted by Crippen LogP contribution is -2.08. The molecule has 0 aliphatic heterocycles. The van der Waals surface area contributed by atoms with Crippen LogP contribution in [0.3, 0.4) is 0 Å². The van der Waals surface area contributed by atoms with E-state index in [0.29, 0.717) is 17.4 Å². The molecule has 3 heteroatoms. The van der Waals surface area contributed by atoms with Crippen molar-refractivity contribution in [3.8, 4) is 5.75 Å². The molecule has 0 fully saturated rings. The molecule has 21 heavy (non-hydrogen) atoms. The Bertz CT molecular complexity index is 593. The lowest BCUT2D eigenvalue weighted by atomic mass is 9.99. The van der Waals surface area contributed by atoms with Crippen LogP contribution in [-0.2, 0) is 0 Å². The fourth-order valence-corrected chi connectivity index (χ4v) is 2.23. The number of ether oxygens (including phenoxy) is 1. The zero-order valence-electron chi connectivity index (χ0n) is 13.0. The molecule has 0 aliphatic carbocycles. The summed E-state index contributed by atoms with van der Waals surface area (Å²) in [5.41, 5.74) is 2.88. The van der Waals surface area contributed by atoms with E-state index in [4.69, 9.17) is 4.74 Å². The zero-order valence-corrected chi connectivity index (χ0v) is 13.0. The summed E-state index contributed by atoms with van der Waals surface area (Å²) in [5.74, 6) is 0.876. The standard InChI is InChI=1S/C18H22FNO/c1-12(2)14-5-7-15(8-6-14)13(3)20-18-11-16(21-4)9-10-17(18)19/h5-13,20H,1-4H3. The van der Waals surface area contributed by atoms with Crippen LogP contribution in [0.25, 0.3) is 0 Å². The molecule has 1 atom stereocenters. The molecule has 2 aromatic rings. The number of hydrogen-bond donors (Lipinski definition) is 1. The van der Waals surface area contributed by atoms with Crippen LogP contribution in [0.4, 0.5) is 10.1 Å². The van der Waals surface area contributed by atoms with Crippen LogP contribution in [-0.4, -0.2) is 7.11 Å². The third-order valence-corrected chi connectivity index (χ3v) is 3.65. The van der Waals surface area contributed by atoms with Crippen LogP contribution in [0.15, 0.2) is 42.5 Å². The van der Waals surface area contributed by atoms with Gasteiger partial charge in [-0.25, -0.2) is 4.39 Å². The van der Waals surface area contributed by atoms with Crippen molar-refractivity contribution in [3.63, 3.8) is 0 Å². The summed E-state index contributed by atoms with van der Waals surface area (Å²) < 4.78 is 19.0. The Hall–Kier alpha value is -2.03. The van der Waals surface area contributed by atoms with Gasteiger partial charge < -0.3 is 10.1 Å². The smallest absolute Gasteiger partial charge is 0.146 e. The number of hydrogen-bond acceptors (Lipinski definition) is 2. The summed E-state index contributed by atoms with van der Waals surface area (Å²) in [4.78, 5) is 0. The van der Waals surface area contributed by atoms with Gasteiger partial charge in [0.1, 0.15) is 11.6 Å². The predicted octanol–water partition coefficient (Wildman–Crippen LogP) is 5.13. The van der Waals surface area contributed by atoms with Crippen molar-refractivity contribution in [2.24, 2.45) is 0 Å². The third kappa shape index (κ3) is 3.75. The highest BCUT2D eigenvalue weighted by atomic mass is 19.1. The van der Waals surface area contributed by atoms with Gasteiger partial charge in [-0.05, 0) is 36.1 Å². The number of anilines is 1. The summed E-state index contributed by atoms with van der Waals surface area (Å²) in [6.45, 7) is 6.36. The van der Waals surface area contributed by atoms with E-state index in [9.17, 15) is 4.39 Å². The van der Waals surface area contributed by atoms with E-state index in [-0.39, 0.29) is 11.9 Å². The number of methoxy groups -OCH3 is 1. The summed E-state index contributed by atoms with van der Waals surface area (Å²) in [6.07, 6.45) is 0. The second-order valence-electron chi connectivity index (χ2n) is 5.53. The first-order valence-corrected chi connectivity index (χ1v) is 7.21. The minimum absolute atomic E-state index is 0.0211. The topological polar surface area (TPSA) is 21.3 Å². The van der Waals surface area contributed by atoms with Gasteiger partial charge in [0.2, 0.25) is 0 Å². The lowest BCUT2D eigenvalue weighted by molar-refractivity contribution is 0.414. The molecule has 0 aromatic heterocycles. The summed E-state index contributed by atoms with van der Waals surface area (Å²) in [5, 5.41) is 3.19. The first-order chi connectivity index (χ1) is 10.0. The van der Waals surface area contributed by atoms with E-state index in [2.05, 4.69) is 43.4 Å². The van der Waals surface area contributed by atoms with Crippen LogP contribution in [0.5, 0.6) is 5.75 Å². The van der Waals surface area contributed by atoms with Gasteiger partial charge in [-0.1, -0.05) is 38.1 Å². The average molecular weight is 287 g/mol. The Kier molecular flexibility index (Phi) is 4.84. The maximum Gasteiger partial charge on any atom is 0.146 e. The summed E-state index contributed by atoms with van der Waals surface area (Å²) in [7, 11) is 1.57. The van der Waals surface area contributed by atoms with Crippen molar-refractivity contribution >= 4 is 5.69 Å². The maximum atomic E-state index is 13.8. The van der Waals surface area contributed by atoms with Gasteiger partial charge in [-0.2, -0.15) is 0 Å². The molecule has 0 amide bonds. The molecule has 2 nitrogen and oxygen atoms in total. The predicted molar refractivity (Wildman–Crippen MR) is 85.5 cm³/mol. The second kappa shape index (κ2) is 6.61. The molecule has 0 saturated carbocycles. The number of benzene rings is 2.